The zero-order valence-corrected chi connectivity index (χ0v) is 10.6. The highest BCUT2D eigenvalue weighted by Gasteiger charge is 2.17. The van der Waals surface area contributed by atoms with Crippen LogP contribution >= 0.6 is 0 Å². The predicted molar refractivity (Wildman–Crippen MR) is 70.6 cm³/mol. The van der Waals surface area contributed by atoms with Gasteiger partial charge in [0.1, 0.15) is 0 Å². The first-order valence-electron chi connectivity index (χ1n) is 5.87. The summed E-state index contributed by atoms with van der Waals surface area (Å²) in [6.07, 6.45) is 2.04. The molecule has 17 heavy (non-hydrogen) atoms. The molecule has 2 rings (SSSR count). The van der Waals surface area contributed by atoms with Crippen LogP contribution in [0.15, 0.2) is 36.5 Å². The van der Waals surface area contributed by atoms with Gasteiger partial charge in [0.15, 0.2) is 0 Å². The molecule has 0 aliphatic heterocycles. The molecular weight excluding hydrogens is 210 g/mol. The van der Waals surface area contributed by atoms with Crippen molar-refractivity contribution in [2.75, 3.05) is 0 Å². The number of hydrogen-bond acceptors (Lipinski definition) is 2. The van der Waals surface area contributed by atoms with Gasteiger partial charge in [0.25, 0.3) is 0 Å². The van der Waals surface area contributed by atoms with Gasteiger partial charge < -0.3 is 5.73 Å². The zero-order valence-electron chi connectivity index (χ0n) is 10.6. The number of nitrogens with zero attached hydrogens (tertiary/aromatic N) is 2. The fraction of sp³-hybridized carbons (Fsp3) is 0.357. The zero-order chi connectivity index (χ0) is 12.5. The smallest absolute Gasteiger partial charge is 0.0968 e. The first-order valence-corrected chi connectivity index (χ1v) is 5.87. The van der Waals surface area contributed by atoms with Crippen molar-refractivity contribution in [3.63, 3.8) is 0 Å². The Hall–Kier alpha value is -1.61. The topological polar surface area (TPSA) is 43.8 Å². The van der Waals surface area contributed by atoms with E-state index in [0.717, 1.165) is 16.8 Å². The van der Waals surface area contributed by atoms with Crippen molar-refractivity contribution in [2.24, 2.45) is 5.73 Å². The Labute approximate surface area is 102 Å². The summed E-state index contributed by atoms with van der Waals surface area (Å²) in [6, 6.07) is 10.2. The Bertz CT molecular complexity index is 492. The van der Waals surface area contributed by atoms with Crippen LogP contribution in [0.25, 0.3) is 11.3 Å². The molecule has 0 atom stereocenters. The Morgan fingerprint density at radius 2 is 1.82 bits per heavy atom. The number of benzene rings is 1. The Morgan fingerprint density at radius 1 is 1.18 bits per heavy atom. The fourth-order valence-corrected chi connectivity index (χ4v) is 1.74. The van der Waals surface area contributed by atoms with E-state index < -0.39 is 0 Å². The quantitative estimate of drug-likeness (QED) is 0.860. The van der Waals surface area contributed by atoms with E-state index in [1.807, 2.05) is 29.1 Å². The number of aromatic nitrogens is 2. The Morgan fingerprint density at radius 3 is 2.35 bits per heavy atom. The average Bonchev–Trinajstić information content (AvgIpc) is 2.73. The molecule has 0 bridgehead atoms. The molecule has 1 aromatic carbocycles. The lowest BCUT2D eigenvalue weighted by Gasteiger charge is -2.18. The molecule has 3 nitrogen and oxygen atoms in total. The monoisotopic (exact) mass is 229 g/mol. The minimum atomic E-state index is -0.0169. The third-order valence-corrected chi connectivity index (χ3v) is 2.74. The van der Waals surface area contributed by atoms with E-state index in [4.69, 9.17) is 5.73 Å². The molecule has 0 amide bonds. The lowest BCUT2D eigenvalue weighted by Crippen LogP contribution is -2.22. The lowest BCUT2D eigenvalue weighted by atomic mass is 10.1. The fourth-order valence-electron chi connectivity index (χ4n) is 1.74. The van der Waals surface area contributed by atoms with Crippen LogP contribution in [-0.2, 0) is 12.1 Å². The van der Waals surface area contributed by atoms with Gasteiger partial charge in [0.2, 0.25) is 0 Å². The van der Waals surface area contributed by atoms with E-state index in [1.165, 1.54) is 0 Å². The van der Waals surface area contributed by atoms with Gasteiger partial charge in [0.05, 0.1) is 11.2 Å². The number of nitrogens with two attached hydrogens (primary N) is 1. The van der Waals surface area contributed by atoms with Crippen LogP contribution < -0.4 is 5.73 Å². The van der Waals surface area contributed by atoms with Crippen LogP contribution in [0.1, 0.15) is 26.3 Å². The van der Waals surface area contributed by atoms with E-state index >= 15 is 0 Å². The van der Waals surface area contributed by atoms with Gasteiger partial charge >= 0.3 is 0 Å². The third kappa shape index (κ3) is 2.39. The van der Waals surface area contributed by atoms with Crippen molar-refractivity contribution in [3.05, 3.63) is 42.1 Å². The molecule has 1 heterocycles. The standard InChI is InChI=1S/C14H19N3/c1-14(2,3)17-10-12(9-15)13(16-17)11-7-5-4-6-8-11/h4-8,10H,9,15H2,1-3H3. The molecule has 0 saturated heterocycles. The number of hydrogen-bond donors (Lipinski definition) is 1. The van der Waals surface area contributed by atoms with Gasteiger partial charge in [-0.3, -0.25) is 4.68 Å². The normalized spacial score (nSPS) is 11.8. The van der Waals surface area contributed by atoms with Gasteiger partial charge in [-0.1, -0.05) is 30.3 Å². The van der Waals surface area contributed by atoms with Crippen LogP contribution in [0.2, 0.25) is 0 Å². The van der Waals surface area contributed by atoms with Crippen LogP contribution in [0.5, 0.6) is 0 Å². The van der Waals surface area contributed by atoms with Gasteiger partial charge in [-0.05, 0) is 20.8 Å². The second-order valence-electron chi connectivity index (χ2n) is 5.19. The molecule has 0 aliphatic carbocycles. The molecule has 0 unspecified atom stereocenters. The molecule has 1 aromatic heterocycles. The highest BCUT2D eigenvalue weighted by molar-refractivity contribution is 5.62. The van der Waals surface area contributed by atoms with Crippen molar-refractivity contribution >= 4 is 0 Å². The molecule has 0 saturated carbocycles. The summed E-state index contributed by atoms with van der Waals surface area (Å²) in [4.78, 5) is 0. The summed E-state index contributed by atoms with van der Waals surface area (Å²) in [6.45, 7) is 6.92. The van der Waals surface area contributed by atoms with E-state index in [-0.39, 0.29) is 5.54 Å². The van der Waals surface area contributed by atoms with Gasteiger partial charge in [-0.2, -0.15) is 5.10 Å². The first kappa shape index (κ1) is 11.9. The van der Waals surface area contributed by atoms with Gasteiger partial charge in [-0.25, -0.2) is 0 Å². The average molecular weight is 229 g/mol. The first-order chi connectivity index (χ1) is 8.02. The molecule has 2 aromatic rings. The highest BCUT2D eigenvalue weighted by atomic mass is 15.3. The Balaban J connectivity index is 2.51. The van der Waals surface area contributed by atoms with Crippen LogP contribution in [0.4, 0.5) is 0 Å². The Kier molecular flexibility index (Phi) is 3.03. The van der Waals surface area contributed by atoms with E-state index in [2.05, 4.69) is 38.0 Å². The minimum absolute atomic E-state index is 0.0169. The third-order valence-electron chi connectivity index (χ3n) is 2.74. The number of rotatable bonds is 2. The molecule has 0 spiro atoms. The summed E-state index contributed by atoms with van der Waals surface area (Å²) >= 11 is 0. The van der Waals surface area contributed by atoms with Crippen molar-refractivity contribution in [3.8, 4) is 11.3 Å². The predicted octanol–water partition coefficient (Wildman–Crippen LogP) is 2.76. The van der Waals surface area contributed by atoms with Crippen molar-refractivity contribution in [2.45, 2.75) is 32.9 Å². The van der Waals surface area contributed by atoms with E-state index in [9.17, 15) is 0 Å². The summed E-state index contributed by atoms with van der Waals surface area (Å²) in [5.41, 5.74) is 8.97. The van der Waals surface area contributed by atoms with Crippen LogP contribution in [0, 0.1) is 0 Å². The maximum Gasteiger partial charge on any atom is 0.0968 e. The molecule has 0 fully saturated rings. The maximum atomic E-state index is 5.79. The molecule has 3 heteroatoms. The highest BCUT2D eigenvalue weighted by Crippen LogP contribution is 2.24. The van der Waals surface area contributed by atoms with Gasteiger partial charge in [0, 0.05) is 23.9 Å². The van der Waals surface area contributed by atoms with Crippen molar-refractivity contribution < 1.29 is 0 Å². The van der Waals surface area contributed by atoms with Crippen LogP contribution in [0.3, 0.4) is 0 Å². The SMILES string of the molecule is CC(C)(C)n1cc(CN)c(-c2ccccc2)n1. The molecule has 0 radical (unpaired) electrons. The van der Waals surface area contributed by atoms with Crippen molar-refractivity contribution in [1.82, 2.24) is 9.78 Å². The summed E-state index contributed by atoms with van der Waals surface area (Å²) in [7, 11) is 0. The van der Waals surface area contributed by atoms with Gasteiger partial charge in [-0.15, -0.1) is 0 Å². The van der Waals surface area contributed by atoms with Crippen LogP contribution in [-0.4, -0.2) is 9.78 Å². The van der Waals surface area contributed by atoms with E-state index in [0.29, 0.717) is 6.54 Å². The second-order valence-corrected chi connectivity index (χ2v) is 5.19. The van der Waals surface area contributed by atoms with E-state index in [1.54, 1.807) is 0 Å². The summed E-state index contributed by atoms with van der Waals surface area (Å²) in [5.74, 6) is 0. The maximum absolute atomic E-state index is 5.79. The largest absolute Gasteiger partial charge is 0.326 e. The molecule has 0 aliphatic rings. The molecule has 90 valence electrons. The molecular formula is C14H19N3. The lowest BCUT2D eigenvalue weighted by molar-refractivity contribution is 0.356. The summed E-state index contributed by atoms with van der Waals surface area (Å²) in [5, 5.41) is 4.66. The molecule has 2 N–H and O–H groups in total. The minimum Gasteiger partial charge on any atom is -0.326 e. The summed E-state index contributed by atoms with van der Waals surface area (Å²) < 4.78 is 1.98. The second kappa shape index (κ2) is 4.34. The van der Waals surface area contributed by atoms with Crippen molar-refractivity contribution in [1.29, 1.82) is 0 Å².